The Balaban J connectivity index is 3.55. The van der Waals surface area contributed by atoms with Gasteiger partial charge in [0.25, 0.3) is 0 Å². The number of ether oxygens (including phenoxy) is 1. The molecule has 76 valence electrons. The Morgan fingerprint density at radius 3 is 2.77 bits per heavy atom. The SMILES string of the molecule is C=C(C)C(=O)OC(O)CNCCC. The highest BCUT2D eigenvalue weighted by Gasteiger charge is 2.10. The molecule has 0 aromatic rings. The Morgan fingerprint density at radius 2 is 2.31 bits per heavy atom. The van der Waals surface area contributed by atoms with Crippen molar-refractivity contribution in [3.8, 4) is 0 Å². The molecule has 4 nitrogen and oxygen atoms in total. The van der Waals surface area contributed by atoms with Crippen LogP contribution in [0.4, 0.5) is 0 Å². The molecule has 0 heterocycles. The van der Waals surface area contributed by atoms with E-state index in [2.05, 4.69) is 16.6 Å². The summed E-state index contributed by atoms with van der Waals surface area (Å²) in [5, 5.41) is 12.1. The molecule has 0 aliphatic rings. The van der Waals surface area contributed by atoms with Crippen LogP contribution in [0.5, 0.6) is 0 Å². The van der Waals surface area contributed by atoms with Gasteiger partial charge in [0.15, 0.2) is 0 Å². The molecule has 0 aliphatic carbocycles. The van der Waals surface area contributed by atoms with E-state index in [0.29, 0.717) is 0 Å². The fourth-order valence-corrected chi connectivity index (χ4v) is 0.668. The quantitative estimate of drug-likeness (QED) is 0.274. The Bertz CT molecular complexity index is 180. The highest BCUT2D eigenvalue weighted by Crippen LogP contribution is 1.95. The van der Waals surface area contributed by atoms with Gasteiger partial charge in [-0.05, 0) is 19.9 Å². The van der Waals surface area contributed by atoms with E-state index >= 15 is 0 Å². The average molecular weight is 187 g/mol. The number of esters is 1. The molecular weight excluding hydrogens is 170 g/mol. The molecule has 0 amide bonds. The van der Waals surface area contributed by atoms with Crippen molar-refractivity contribution in [2.75, 3.05) is 13.1 Å². The summed E-state index contributed by atoms with van der Waals surface area (Å²) in [7, 11) is 0. The van der Waals surface area contributed by atoms with Crippen LogP contribution in [-0.2, 0) is 9.53 Å². The van der Waals surface area contributed by atoms with E-state index in [1.807, 2.05) is 6.92 Å². The lowest BCUT2D eigenvalue weighted by atomic mass is 10.4. The zero-order valence-corrected chi connectivity index (χ0v) is 8.17. The molecule has 0 fully saturated rings. The van der Waals surface area contributed by atoms with Crippen molar-refractivity contribution in [3.63, 3.8) is 0 Å². The predicted molar refractivity (Wildman–Crippen MR) is 50.1 cm³/mol. The summed E-state index contributed by atoms with van der Waals surface area (Å²) in [6, 6.07) is 0. The summed E-state index contributed by atoms with van der Waals surface area (Å²) in [5.74, 6) is -0.564. The van der Waals surface area contributed by atoms with Crippen LogP contribution in [0, 0.1) is 0 Å². The number of aliphatic hydroxyl groups excluding tert-OH is 1. The van der Waals surface area contributed by atoms with E-state index in [9.17, 15) is 4.79 Å². The Morgan fingerprint density at radius 1 is 1.69 bits per heavy atom. The maximum Gasteiger partial charge on any atom is 0.335 e. The van der Waals surface area contributed by atoms with Crippen molar-refractivity contribution in [2.45, 2.75) is 26.6 Å². The summed E-state index contributed by atoms with van der Waals surface area (Å²) >= 11 is 0. The van der Waals surface area contributed by atoms with E-state index in [0.717, 1.165) is 13.0 Å². The fraction of sp³-hybridized carbons (Fsp3) is 0.667. The second-order valence-corrected chi connectivity index (χ2v) is 2.84. The lowest BCUT2D eigenvalue weighted by molar-refractivity contribution is -0.161. The first-order valence-electron chi connectivity index (χ1n) is 4.33. The molecule has 0 aromatic carbocycles. The monoisotopic (exact) mass is 187 g/mol. The number of rotatable bonds is 6. The first kappa shape index (κ1) is 12.1. The summed E-state index contributed by atoms with van der Waals surface area (Å²) < 4.78 is 4.61. The third-order valence-corrected chi connectivity index (χ3v) is 1.34. The minimum atomic E-state index is -1.09. The lowest BCUT2D eigenvalue weighted by Crippen LogP contribution is -2.31. The molecule has 1 unspecified atom stereocenters. The topological polar surface area (TPSA) is 58.6 Å². The summed E-state index contributed by atoms with van der Waals surface area (Å²) in [4.78, 5) is 10.9. The van der Waals surface area contributed by atoms with Crippen LogP contribution in [0.1, 0.15) is 20.3 Å². The van der Waals surface area contributed by atoms with E-state index in [1.54, 1.807) is 0 Å². The average Bonchev–Trinajstić information content (AvgIpc) is 2.04. The van der Waals surface area contributed by atoms with Gasteiger partial charge >= 0.3 is 5.97 Å². The normalized spacial score (nSPS) is 12.2. The van der Waals surface area contributed by atoms with Gasteiger partial charge in [-0.15, -0.1) is 0 Å². The number of carbonyl (C=O) groups is 1. The Hall–Kier alpha value is -0.870. The zero-order valence-electron chi connectivity index (χ0n) is 8.17. The third-order valence-electron chi connectivity index (χ3n) is 1.34. The molecule has 13 heavy (non-hydrogen) atoms. The number of carbonyl (C=O) groups excluding carboxylic acids is 1. The van der Waals surface area contributed by atoms with Crippen LogP contribution in [0.2, 0.25) is 0 Å². The van der Waals surface area contributed by atoms with E-state index in [4.69, 9.17) is 5.11 Å². The number of hydrogen-bond donors (Lipinski definition) is 2. The first-order chi connectivity index (χ1) is 6.07. The van der Waals surface area contributed by atoms with Crippen molar-refractivity contribution >= 4 is 5.97 Å². The highest BCUT2D eigenvalue weighted by atomic mass is 16.6. The van der Waals surface area contributed by atoms with Crippen LogP contribution >= 0.6 is 0 Å². The van der Waals surface area contributed by atoms with Gasteiger partial charge in [0.2, 0.25) is 6.29 Å². The van der Waals surface area contributed by atoms with E-state index < -0.39 is 12.3 Å². The summed E-state index contributed by atoms with van der Waals surface area (Å²) in [5.41, 5.74) is 0.287. The second kappa shape index (κ2) is 6.62. The van der Waals surface area contributed by atoms with Gasteiger partial charge in [-0.2, -0.15) is 0 Å². The van der Waals surface area contributed by atoms with Crippen LogP contribution in [0.25, 0.3) is 0 Å². The molecule has 0 saturated carbocycles. The number of nitrogens with one attached hydrogen (secondary N) is 1. The van der Waals surface area contributed by atoms with Gasteiger partial charge in [0, 0.05) is 5.57 Å². The van der Waals surface area contributed by atoms with Gasteiger partial charge < -0.3 is 15.2 Å². The molecule has 0 aromatic heterocycles. The molecule has 0 rings (SSSR count). The van der Waals surface area contributed by atoms with Crippen molar-refractivity contribution in [3.05, 3.63) is 12.2 Å². The van der Waals surface area contributed by atoms with Gasteiger partial charge in [-0.1, -0.05) is 13.5 Å². The largest absolute Gasteiger partial charge is 0.431 e. The standard InChI is InChI=1S/C9H17NO3/c1-4-5-10-6-8(11)13-9(12)7(2)3/h8,10-11H,2,4-6H2,1,3H3. The molecule has 0 aliphatic heterocycles. The van der Waals surface area contributed by atoms with Crippen LogP contribution in [-0.4, -0.2) is 30.5 Å². The summed E-state index contributed by atoms with van der Waals surface area (Å²) in [6.45, 7) is 8.00. The van der Waals surface area contributed by atoms with E-state index in [1.165, 1.54) is 6.92 Å². The molecule has 0 bridgehead atoms. The molecule has 1 atom stereocenters. The molecule has 4 heteroatoms. The third kappa shape index (κ3) is 6.31. The van der Waals surface area contributed by atoms with Crippen LogP contribution in [0.15, 0.2) is 12.2 Å². The van der Waals surface area contributed by atoms with Gasteiger partial charge in [-0.3, -0.25) is 0 Å². The van der Waals surface area contributed by atoms with Crippen molar-refractivity contribution < 1.29 is 14.6 Å². The second-order valence-electron chi connectivity index (χ2n) is 2.84. The fourth-order valence-electron chi connectivity index (χ4n) is 0.668. The van der Waals surface area contributed by atoms with Gasteiger partial charge in [0.1, 0.15) is 0 Å². The number of hydrogen-bond acceptors (Lipinski definition) is 4. The Labute approximate surface area is 78.6 Å². The minimum absolute atomic E-state index is 0.257. The maximum atomic E-state index is 10.9. The predicted octanol–water partition coefficient (Wildman–Crippen LogP) is 0.424. The molecule has 0 spiro atoms. The minimum Gasteiger partial charge on any atom is -0.431 e. The van der Waals surface area contributed by atoms with Crippen molar-refractivity contribution in [1.82, 2.24) is 5.32 Å². The van der Waals surface area contributed by atoms with E-state index in [-0.39, 0.29) is 12.1 Å². The molecule has 2 N–H and O–H groups in total. The van der Waals surface area contributed by atoms with Crippen molar-refractivity contribution in [1.29, 1.82) is 0 Å². The molecule has 0 radical (unpaired) electrons. The maximum absolute atomic E-state index is 10.9. The highest BCUT2D eigenvalue weighted by molar-refractivity contribution is 5.86. The molecule has 0 saturated heterocycles. The summed E-state index contributed by atoms with van der Waals surface area (Å²) in [6.07, 6.45) is -0.114. The van der Waals surface area contributed by atoms with Gasteiger partial charge in [0.05, 0.1) is 6.54 Å². The zero-order chi connectivity index (χ0) is 10.3. The number of aliphatic hydroxyl groups is 1. The van der Waals surface area contributed by atoms with Crippen LogP contribution in [0.3, 0.4) is 0 Å². The van der Waals surface area contributed by atoms with Crippen molar-refractivity contribution in [2.24, 2.45) is 0 Å². The van der Waals surface area contributed by atoms with Crippen LogP contribution < -0.4 is 5.32 Å². The lowest BCUT2D eigenvalue weighted by Gasteiger charge is -2.12. The molecular formula is C9H17NO3. The first-order valence-corrected chi connectivity index (χ1v) is 4.33. The van der Waals surface area contributed by atoms with Gasteiger partial charge in [-0.25, -0.2) is 4.79 Å². The smallest absolute Gasteiger partial charge is 0.335 e. The Kier molecular flexibility index (Phi) is 6.18.